The molecule has 0 aliphatic carbocycles. The summed E-state index contributed by atoms with van der Waals surface area (Å²) in [6.07, 6.45) is 4.09. The second-order valence-corrected chi connectivity index (χ2v) is 10.2. The van der Waals surface area contributed by atoms with E-state index in [1.165, 1.54) is 24.3 Å². The van der Waals surface area contributed by atoms with Gasteiger partial charge in [-0.2, -0.15) is 5.10 Å². The van der Waals surface area contributed by atoms with E-state index in [4.69, 9.17) is 10.1 Å². The predicted molar refractivity (Wildman–Crippen MR) is 123 cm³/mol. The number of benzene rings is 1. The van der Waals surface area contributed by atoms with Crippen LogP contribution in [0.3, 0.4) is 0 Å². The summed E-state index contributed by atoms with van der Waals surface area (Å²) >= 11 is 1.59. The Kier molecular flexibility index (Phi) is 6.63. The highest BCUT2D eigenvalue weighted by Gasteiger charge is 2.21. The zero-order valence-corrected chi connectivity index (χ0v) is 19.3. The van der Waals surface area contributed by atoms with Gasteiger partial charge in [0.15, 0.2) is 10.8 Å². The number of fused-ring (bicyclic) bond motifs is 1. The van der Waals surface area contributed by atoms with Crippen molar-refractivity contribution in [3.8, 4) is 0 Å². The van der Waals surface area contributed by atoms with Gasteiger partial charge in [-0.3, -0.25) is 4.79 Å². The summed E-state index contributed by atoms with van der Waals surface area (Å²) in [7, 11) is -3.79. The third kappa shape index (κ3) is 4.87. The molecule has 4 rings (SSSR count). The zero-order chi connectivity index (χ0) is 22.7. The van der Waals surface area contributed by atoms with Crippen molar-refractivity contribution in [1.29, 1.82) is 0 Å². The van der Waals surface area contributed by atoms with Gasteiger partial charge >= 0.3 is 0 Å². The first kappa shape index (κ1) is 22.5. The fraction of sp³-hybridized carbons (Fsp3) is 0.400. The Balaban J connectivity index is 1.48. The molecule has 32 heavy (non-hydrogen) atoms. The topological polar surface area (TPSA) is 136 Å². The van der Waals surface area contributed by atoms with Gasteiger partial charge in [0.25, 0.3) is 5.91 Å². The van der Waals surface area contributed by atoms with Gasteiger partial charge in [-0.1, -0.05) is 18.7 Å². The summed E-state index contributed by atoms with van der Waals surface area (Å²) in [6, 6.07) is 5.49. The van der Waals surface area contributed by atoms with Crippen molar-refractivity contribution in [2.75, 3.05) is 30.3 Å². The van der Waals surface area contributed by atoms with Crippen molar-refractivity contribution in [2.24, 2.45) is 5.14 Å². The molecule has 1 amide bonds. The number of rotatable bonds is 8. The number of hydrogen-bond donors (Lipinski definition) is 2. The number of nitrogens with one attached hydrogen (secondary N) is 1. The molecule has 1 saturated heterocycles. The molecule has 0 saturated carbocycles. The number of anilines is 1. The molecule has 0 radical (unpaired) electrons. The lowest BCUT2D eigenvalue weighted by Gasteiger charge is -2.17. The molecule has 0 atom stereocenters. The van der Waals surface area contributed by atoms with Crippen LogP contribution >= 0.6 is 11.8 Å². The van der Waals surface area contributed by atoms with Crippen LogP contribution in [0.4, 0.5) is 5.82 Å². The van der Waals surface area contributed by atoms with Crippen LogP contribution in [0.25, 0.3) is 11.0 Å². The summed E-state index contributed by atoms with van der Waals surface area (Å²) in [4.78, 5) is 24.1. The Morgan fingerprint density at radius 2 is 1.91 bits per heavy atom. The van der Waals surface area contributed by atoms with Crippen LogP contribution in [-0.2, 0) is 16.6 Å². The number of carbonyl (C=O) groups is 1. The predicted octanol–water partition coefficient (Wildman–Crippen LogP) is 1.62. The second kappa shape index (κ2) is 9.43. The van der Waals surface area contributed by atoms with Crippen molar-refractivity contribution in [2.45, 2.75) is 36.4 Å². The highest BCUT2D eigenvalue weighted by molar-refractivity contribution is 7.99. The van der Waals surface area contributed by atoms with Crippen molar-refractivity contribution >= 4 is 44.5 Å². The van der Waals surface area contributed by atoms with Crippen LogP contribution in [0.5, 0.6) is 0 Å². The second-order valence-electron chi connectivity index (χ2n) is 7.39. The van der Waals surface area contributed by atoms with Gasteiger partial charge in [0.05, 0.1) is 23.0 Å². The van der Waals surface area contributed by atoms with Crippen LogP contribution in [-0.4, -0.2) is 59.5 Å². The summed E-state index contributed by atoms with van der Waals surface area (Å²) < 4.78 is 24.5. The number of amides is 1. The molecule has 1 aromatic carbocycles. The van der Waals surface area contributed by atoms with E-state index in [1.54, 1.807) is 22.6 Å². The molecular weight excluding hydrogens is 450 g/mol. The average molecular weight is 476 g/mol. The fourth-order valence-corrected chi connectivity index (χ4v) is 4.70. The smallest absolute Gasteiger partial charge is 0.251 e. The third-order valence-electron chi connectivity index (χ3n) is 5.19. The molecule has 1 aliphatic rings. The number of hydrogen-bond acceptors (Lipinski definition) is 8. The number of nitrogens with two attached hydrogens (primary N) is 1. The fourth-order valence-electron chi connectivity index (χ4n) is 3.62. The van der Waals surface area contributed by atoms with Gasteiger partial charge in [-0.25, -0.2) is 28.2 Å². The van der Waals surface area contributed by atoms with Crippen LogP contribution in [0, 0.1) is 0 Å². The monoisotopic (exact) mass is 475 g/mol. The van der Waals surface area contributed by atoms with E-state index in [9.17, 15) is 13.2 Å². The first-order valence-corrected chi connectivity index (χ1v) is 12.9. The molecule has 3 heterocycles. The van der Waals surface area contributed by atoms with Gasteiger partial charge in [0, 0.05) is 25.2 Å². The van der Waals surface area contributed by atoms with Crippen molar-refractivity contribution < 1.29 is 13.2 Å². The molecule has 0 bridgehead atoms. The zero-order valence-electron chi connectivity index (χ0n) is 17.7. The van der Waals surface area contributed by atoms with Crippen LogP contribution in [0.2, 0.25) is 0 Å². The molecule has 12 heteroatoms. The lowest BCUT2D eigenvalue weighted by molar-refractivity contribution is 0.0952. The van der Waals surface area contributed by atoms with Crippen molar-refractivity contribution in [1.82, 2.24) is 25.1 Å². The van der Waals surface area contributed by atoms with Gasteiger partial charge in [-0.15, -0.1) is 0 Å². The number of aromatic nitrogens is 4. The van der Waals surface area contributed by atoms with E-state index in [1.807, 2.05) is 0 Å². The summed E-state index contributed by atoms with van der Waals surface area (Å²) in [5.41, 5.74) is 1.10. The lowest BCUT2D eigenvalue weighted by atomic mass is 10.2. The highest BCUT2D eigenvalue weighted by atomic mass is 32.2. The number of thioether (sulfide) groups is 1. The molecule has 3 N–H and O–H groups in total. The molecule has 1 aliphatic heterocycles. The minimum absolute atomic E-state index is 0.0358. The molecular formula is C20H25N7O3S2. The van der Waals surface area contributed by atoms with Crippen LogP contribution in [0.15, 0.2) is 40.5 Å². The molecule has 0 unspecified atom stereocenters. The number of primary sulfonamides is 1. The first-order chi connectivity index (χ1) is 15.4. The van der Waals surface area contributed by atoms with E-state index in [0.29, 0.717) is 18.7 Å². The molecule has 170 valence electrons. The number of sulfonamides is 1. The third-order valence-corrected chi connectivity index (χ3v) is 6.85. The largest absolute Gasteiger partial charge is 0.356 e. The number of carbonyl (C=O) groups excluding carboxylic acids is 1. The maximum absolute atomic E-state index is 12.4. The Labute approximate surface area is 190 Å². The Morgan fingerprint density at radius 1 is 1.19 bits per heavy atom. The van der Waals surface area contributed by atoms with Crippen LogP contribution < -0.4 is 15.4 Å². The van der Waals surface area contributed by atoms with Gasteiger partial charge in [0.2, 0.25) is 10.0 Å². The number of nitrogens with zero attached hydrogens (tertiary/aromatic N) is 5. The lowest BCUT2D eigenvalue weighted by Crippen LogP contribution is -2.27. The summed E-state index contributed by atoms with van der Waals surface area (Å²) in [5, 5.41) is 14.0. The molecule has 10 nitrogen and oxygen atoms in total. The maximum Gasteiger partial charge on any atom is 0.251 e. The standard InChI is InChI=1S/C20H25N7O3S2/c1-2-31-20-24-17(26-10-3-4-11-26)16-13-23-27(18(16)25-20)12-9-22-19(28)14-5-7-15(8-6-14)32(21,29)30/h5-8,13H,2-4,9-12H2,1H3,(H,22,28)(H2,21,29,30). The Morgan fingerprint density at radius 3 is 2.56 bits per heavy atom. The van der Waals surface area contributed by atoms with E-state index in [0.717, 1.165) is 53.7 Å². The quantitative estimate of drug-likeness (QED) is 0.370. The van der Waals surface area contributed by atoms with E-state index in [2.05, 4.69) is 27.2 Å². The first-order valence-electron chi connectivity index (χ1n) is 10.4. The normalized spacial score (nSPS) is 14.2. The van der Waals surface area contributed by atoms with Crippen LogP contribution in [0.1, 0.15) is 30.1 Å². The molecule has 1 fully saturated rings. The Bertz CT molecular complexity index is 1220. The van der Waals surface area contributed by atoms with Crippen molar-refractivity contribution in [3.05, 3.63) is 36.0 Å². The maximum atomic E-state index is 12.4. The molecule has 0 spiro atoms. The summed E-state index contributed by atoms with van der Waals surface area (Å²) in [6.45, 7) is 4.81. The van der Waals surface area contributed by atoms with E-state index in [-0.39, 0.29) is 10.8 Å². The van der Waals surface area contributed by atoms with Crippen molar-refractivity contribution in [3.63, 3.8) is 0 Å². The minimum atomic E-state index is -3.79. The van der Waals surface area contributed by atoms with Gasteiger partial charge in [-0.05, 0) is 42.9 Å². The van der Waals surface area contributed by atoms with Gasteiger partial charge < -0.3 is 10.2 Å². The Hall–Kier alpha value is -2.70. The van der Waals surface area contributed by atoms with E-state index < -0.39 is 10.0 Å². The SMILES string of the molecule is CCSc1nc(N2CCCC2)c2cnn(CCNC(=O)c3ccc(S(N)(=O)=O)cc3)c2n1. The van der Waals surface area contributed by atoms with E-state index >= 15 is 0 Å². The molecule has 2 aromatic heterocycles. The highest BCUT2D eigenvalue weighted by Crippen LogP contribution is 2.29. The van der Waals surface area contributed by atoms with Gasteiger partial charge in [0.1, 0.15) is 5.82 Å². The minimum Gasteiger partial charge on any atom is -0.356 e. The average Bonchev–Trinajstić information content (AvgIpc) is 3.43. The summed E-state index contributed by atoms with van der Waals surface area (Å²) in [5.74, 6) is 1.49. The molecule has 3 aromatic rings.